The van der Waals surface area contributed by atoms with E-state index in [1.54, 1.807) is 30.3 Å². The predicted molar refractivity (Wildman–Crippen MR) is 104 cm³/mol. The van der Waals surface area contributed by atoms with Crippen molar-refractivity contribution in [1.82, 2.24) is 0 Å². The standard InChI is InChI=1S/C21H20O9/c1-9(23)15-13(28-21-18(26)17(25)16(24)14(8-22)29-21)7-6-11-10-4-2-3-5-12(10)20(27)30-19(11)15/h2-7,14,16-18,21-22,24-26H,8H2,1H3/t14-,16-,17+,18-,21-/m1/s1. The Hall–Kier alpha value is -2.82. The first kappa shape index (κ1) is 20.5. The van der Waals surface area contributed by atoms with Gasteiger partial charge in [-0.2, -0.15) is 0 Å². The van der Waals surface area contributed by atoms with E-state index in [1.165, 1.54) is 13.0 Å². The predicted octanol–water partition coefficient (Wildman–Crippen LogP) is 0.327. The van der Waals surface area contributed by atoms with E-state index in [9.17, 15) is 30.0 Å². The molecule has 1 aromatic heterocycles. The lowest BCUT2D eigenvalue weighted by molar-refractivity contribution is -0.277. The number of ketones is 1. The van der Waals surface area contributed by atoms with E-state index in [1.807, 2.05) is 0 Å². The average molecular weight is 416 g/mol. The van der Waals surface area contributed by atoms with E-state index in [0.29, 0.717) is 16.2 Å². The summed E-state index contributed by atoms with van der Waals surface area (Å²) in [6, 6.07) is 9.88. The van der Waals surface area contributed by atoms with Crippen LogP contribution in [0.15, 0.2) is 45.6 Å². The molecule has 0 amide bonds. The maximum absolute atomic E-state index is 12.4. The van der Waals surface area contributed by atoms with E-state index in [4.69, 9.17) is 13.9 Å². The van der Waals surface area contributed by atoms with Gasteiger partial charge in [0.1, 0.15) is 35.7 Å². The first-order valence-electron chi connectivity index (χ1n) is 9.30. The lowest BCUT2D eigenvalue weighted by Crippen LogP contribution is -2.60. The molecule has 30 heavy (non-hydrogen) atoms. The number of carbonyl (C=O) groups is 1. The van der Waals surface area contributed by atoms with E-state index < -0.39 is 48.7 Å². The van der Waals surface area contributed by atoms with Crippen LogP contribution in [-0.4, -0.2) is 63.5 Å². The molecular formula is C21H20O9. The highest BCUT2D eigenvalue weighted by Crippen LogP contribution is 2.34. The molecular weight excluding hydrogens is 396 g/mol. The number of Topliss-reactive ketones (excluding diaryl/α,β-unsaturated/α-hetero) is 1. The van der Waals surface area contributed by atoms with Gasteiger partial charge in [-0.25, -0.2) is 4.79 Å². The second kappa shape index (κ2) is 7.78. The Labute approximate surface area is 169 Å². The van der Waals surface area contributed by atoms with Crippen LogP contribution >= 0.6 is 0 Å². The summed E-state index contributed by atoms with van der Waals surface area (Å²) in [6.45, 7) is 0.646. The van der Waals surface area contributed by atoms with Crippen molar-refractivity contribution in [2.45, 2.75) is 37.6 Å². The largest absolute Gasteiger partial charge is 0.461 e. The Morgan fingerprint density at radius 2 is 1.70 bits per heavy atom. The number of rotatable bonds is 4. The van der Waals surface area contributed by atoms with Crippen LogP contribution in [0.4, 0.5) is 0 Å². The van der Waals surface area contributed by atoms with Crippen LogP contribution in [0.1, 0.15) is 17.3 Å². The molecule has 0 spiro atoms. The Balaban J connectivity index is 1.84. The molecule has 3 aromatic rings. The second-order valence-electron chi connectivity index (χ2n) is 7.12. The maximum atomic E-state index is 12.4. The molecule has 0 bridgehead atoms. The smallest absolute Gasteiger partial charge is 0.344 e. The van der Waals surface area contributed by atoms with Crippen molar-refractivity contribution >= 4 is 27.5 Å². The van der Waals surface area contributed by atoms with Gasteiger partial charge in [0.25, 0.3) is 0 Å². The van der Waals surface area contributed by atoms with Gasteiger partial charge in [-0.05, 0) is 30.5 Å². The van der Waals surface area contributed by atoms with Crippen molar-refractivity contribution in [1.29, 1.82) is 0 Å². The van der Waals surface area contributed by atoms with Crippen molar-refractivity contribution in [3.63, 3.8) is 0 Å². The van der Waals surface area contributed by atoms with Gasteiger partial charge in [-0.1, -0.05) is 18.2 Å². The van der Waals surface area contributed by atoms with Crippen molar-refractivity contribution in [2.24, 2.45) is 0 Å². The first-order valence-corrected chi connectivity index (χ1v) is 9.30. The lowest BCUT2D eigenvalue weighted by atomic mass is 9.99. The molecule has 5 atom stereocenters. The fourth-order valence-electron chi connectivity index (χ4n) is 3.65. The topological polar surface area (TPSA) is 147 Å². The van der Waals surface area contributed by atoms with Crippen molar-refractivity contribution < 1.29 is 39.1 Å². The van der Waals surface area contributed by atoms with E-state index in [-0.39, 0.29) is 16.9 Å². The highest BCUT2D eigenvalue weighted by atomic mass is 16.7. The zero-order valence-electron chi connectivity index (χ0n) is 15.9. The van der Waals surface area contributed by atoms with Gasteiger partial charge in [0.15, 0.2) is 11.4 Å². The number of carbonyl (C=O) groups excluding carboxylic acids is 1. The average Bonchev–Trinajstić information content (AvgIpc) is 2.73. The minimum Gasteiger partial charge on any atom is -0.461 e. The molecule has 1 aliphatic rings. The van der Waals surface area contributed by atoms with Crippen molar-refractivity contribution in [3.8, 4) is 5.75 Å². The molecule has 2 aromatic carbocycles. The zero-order chi connectivity index (χ0) is 21.6. The maximum Gasteiger partial charge on any atom is 0.344 e. The summed E-state index contributed by atoms with van der Waals surface area (Å²) in [5.41, 5.74) is -0.633. The number of ether oxygens (including phenoxy) is 2. The number of hydrogen-bond donors (Lipinski definition) is 4. The van der Waals surface area contributed by atoms with Crippen LogP contribution in [-0.2, 0) is 4.74 Å². The molecule has 1 aliphatic heterocycles. The summed E-state index contributed by atoms with van der Waals surface area (Å²) in [5, 5.41) is 40.9. The van der Waals surface area contributed by atoms with Gasteiger partial charge < -0.3 is 34.3 Å². The number of aliphatic hydroxyl groups is 4. The summed E-state index contributed by atoms with van der Waals surface area (Å²) in [4.78, 5) is 24.8. The minimum atomic E-state index is -1.65. The van der Waals surface area contributed by atoms with Crippen LogP contribution in [0, 0.1) is 0 Å². The molecule has 9 heteroatoms. The lowest BCUT2D eigenvalue weighted by Gasteiger charge is -2.39. The number of hydrogen-bond acceptors (Lipinski definition) is 9. The summed E-state index contributed by atoms with van der Waals surface area (Å²) < 4.78 is 16.4. The molecule has 4 rings (SSSR count). The second-order valence-corrected chi connectivity index (χ2v) is 7.12. The van der Waals surface area contributed by atoms with Gasteiger partial charge in [-0.15, -0.1) is 0 Å². The Morgan fingerprint density at radius 1 is 1.00 bits per heavy atom. The summed E-state index contributed by atoms with van der Waals surface area (Å²) in [7, 11) is 0. The highest BCUT2D eigenvalue weighted by molar-refractivity contribution is 6.13. The fraction of sp³-hybridized carbons (Fsp3) is 0.333. The monoisotopic (exact) mass is 416 g/mol. The minimum absolute atomic E-state index is 0.0216. The molecule has 158 valence electrons. The number of benzene rings is 2. The normalized spacial score (nSPS) is 26.8. The summed E-state index contributed by atoms with van der Waals surface area (Å²) in [5.74, 6) is -0.503. The van der Waals surface area contributed by atoms with Crippen molar-refractivity contribution in [2.75, 3.05) is 6.61 Å². The molecule has 0 radical (unpaired) electrons. The molecule has 1 fully saturated rings. The van der Waals surface area contributed by atoms with E-state index in [0.717, 1.165) is 0 Å². The number of fused-ring (bicyclic) bond motifs is 3. The van der Waals surface area contributed by atoms with Crippen LogP contribution in [0.2, 0.25) is 0 Å². The van der Waals surface area contributed by atoms with Gasteiger partial charge in [0.05, 0.1) is 12.0 Å². The molecule has 9 nitrogen and oxygen atoms in total. The third-order valence-corrected chi connectivity index (χ3v) is 5.20. The van der Waals surface area contributed by atoms with Gasteiger partial charge in [-0.3, -0.25) is 4.79 Å². The Bertz CT molecular complexity index is 1170. The van der Waals surface area contributed by atoms with E-state index in [2.05, 4.69) is 0 Å². The van der Waals surface area contributed by atoms with Crippen LogP contribution in [0.25, 0.3) is 21.7 Å². The highest BCUT2D eigenvalue weighted by Gasteiger charge is 2.45. The van der Waals surface area contributed by atoms with Gasteiger partial charge in [0.2, 0.25) is 6.29 Å². The third-order valence-electron chi connectivity index (χ3n) is 5.20. The van der Waals surface area contributed by atoms with E-state index >= 15 is 0 Å². The Morgan fingerprint density at radius 3 is 2.37 bits per heavy atom. The molecule has 4 N–H and O–H groups in total. The van der Waals surface area contributed by atoms with Crippen LogP contribution in [0.3, 0.4) is 0 Å². The Kier molecular flexibility index (Phi) is 5.31. The number of aliphatic hydroxyl groups excluding tert-OH is 4. The summed E-state index contributed by atoms with van der Waals surface area (Å²) in [6.07, 6.45) is -7.48. The van der Waals surface area contributed by atoms with Crippen LogP contribution in [0.5, 0.6) is 5.75 Å². The zero-order valence-corrected chi connectivity index (χ0v) is 15.9. The molecule has 0 unspecified atom stereocenters. The third kappa shape index (κ3) is 3.26. The molecule has 0 aliphatic carbocycles. The fourth-order valence-corrected chi connectivity index (χ4v) is 3.65. The van der Waals surface area contributed by atoms with Crippen molar-refractivity contribution in [3.05, 3.63) is 52.4 Å². The molecule has 0 saturated carbocycles. The molecule has 1 saturated heterocycles. The summed E-state index contributed by atoms with van der Waals surface area (Å²) >= 11 is 0. The quantitative estimate of drug-likeness (QED) is 0.268. The van der Waals surface area contributed by atoms with Crippen LogP contribution < -0.4 is 10.4 Å². The molecule has 2 heterocycles. The SMILES string of the molecule is CC(=O)c1c(O[C@@H]2O[C@H](CO)[C@@H](O)[C@H](O)[C@H]2O)ccc2c1oc(=O)c1ccccc12. The van der Waals surface area contributed by atoms with Gasteiger partial charge >= 0.3 is 5.63 Å². The first-order chi connectivity index (χ1) is 14.3. The van der Waals surface area contributed by atoms with Gasteiger partial charge in [0, 0.05) is 5.39 Å².